The van der Waals surface area contributed by atoms with E-state index in [1.54, 1.807) is 0 Å². The predicted octanol–water partition coefficient (Wildman–Crippen LogP) is 1.74. The van der Waals surface area contributed by atoms with Gasteiger partial charge in [-0.1, -0.05) is 26.0 Å². The minimum Gasteiger partial charge on any atom is -0.378 e. The number of hydrogen-bond acceptors (Lipinski definition) is 3. The van der Waals surface area contributed by atoms with Crippen molar-refractivity contribution < 1.29 is 4.79 Å². The van der Waals surface area contributed by atoms with E-state index in [0.29, 0.717) is 18.9 Å². The highest BCUT2D eigenvalue weighted by atomic mass is 16.2. The molecule has 1 rings (SSSR count). The summed E-state index contributed by atoms with van der Waals surface area (Å²) in [7, 11) is 4.00. The van der Waals surface area contributed by atoms with Crippen LogP contribution in [-0.4, -0.2) is 26.0 Å². The van der Waals surface area contributed by atoms with E-state index in [0.717, 1.165) is 11.3 Å². The fraction of sp³-hybridized carbons (Fsp3) is 0.533. The third kappa shape index (κ3) is 5.30. The summed E-state index contributed by atoms with van der Waals surface area (Å²) >= 11 is 0. The summed E-state index contributed by atoms with van der Waals surface area (Å²) in [6, 6.07) is 7.69. The van der Waals surface area contributed by atoms with Gasteiger partial charge in [0.05, 0.1) is 6.04 Å². The molecule has 0 saturated carbocycles. The van der Waals surface area contributed by atoms with Gasteiger partial charge in [-0.2, -0.15) is 0 Å². The van der Waals surface area contributed by atoms with Crippen molar-refractivity contribution in [1.29, 1.82) is 0 Å². The topological polar surface area (TPSA) is 58.4 Å². The average Bonchev–Trinajstić information content (AvgIpc) is 2.35. The van der Waals surface area contributed by atoms with E-state index in [1.165, 1.54) is 0 Å². The third-order valence-corrected chi connectivity index (χ3v) is 2.98. The van der Waals surface area contributed by atoms with Crippen LogP contribution in [0.3, 0.4) is 0 Å². The summed E-state index contributed by atoms with van der Waals surface area (Å²) in [4.78, 5) is 13.8. The molecular formula is C15H25N3O. The Bertz CT molecular complexity index is 398. The fourth-order valence-corrected chi connectivity index (χ4v) is 1.85. The number of benzene rings is 1. The Hall–Kier alpha value is -1.55. The maximum absolute atomic E-state index is 11.8. The summed E-state index contributed by atoms with van der Waals surface area (Å²) in [6.45, 7) is 4.65. The highest BCUT2D eigenvalue weighted by Gasteiger charge is 2.14. The molecule has 0 aliphatic carbocycles. The zero-order valence-electron chi connectivity index (χ0n) is 12.3. The van der Waals surface area contributed by atoms with Gasteiger partial charge in [-0.05, 0) is 30.0 Å². The minimum absolute atomic E-state index is 0.0783. The van der Waals surface area contributed by atoms with Gasteiger partial charge in [-0.25, -0.2) is 0 Å². The van der Waals surface area contributed by atoms with Crippen LogP contribution in [0.15, 0.2) is 24.3 Å². The van der Waals surface area contributed by atoms with Crippen molar-refractivity contribution in [3.63, 3.8) is 0 Å². The lowest BCUT2D eigenvalue weighted by molar-refractivity contribution is -0.122. The summed E-state index contributed by atoms with van der Waals surface area (Å²) in [5.74, 6) is 0.352. The largest absolute Gasteiger partial charge is 0.378 e. The molecule has 4 nitrogen and oxygen atoms in total. The van der Waals surface area contributed by atoms with Gasteiger partial charge in [0, 0.05) is 26.3 Å². The van der Waals surface area contributed by atoms with Gasteiger partial charge in [0.1, 0.15) is 0 Å². The van der Waals surface area contributed by atoms with E-state index in [-0.39, 0.29) is 5.91 Å². The average molecular weight is 263 g/mol. The van der Waals surface area contributed by atoms with Crippen LogP contribution in [0, 0.1) is 5.92 Å². The van der Waals surface area contributed by atoms with Crippen molar-refractivity contribution in [2.24, 2.45) is 11.7 Å². The Morgan fingerprint density at radius 2 is 1.84 bits per heavy atom. The lowest BCUT2D eigenvalue weighted by Gasteiger charge is -2.15. The molecule has 4 heteroatoms. The Morgan fingerprint density at radius 3 is 2.32 bits per heavy atom. The van der Waals surface area contributed by atoms with Crippen LogP contribution < -0.4 is 16.0 Å². The van der Waals surface area contributed by atoms with Gasteiger partial charge in [-0.3, -0.25) is 4.79 Å². The maximum atomic E-state index is 11.8. The first kappa shape index (κ1) is 15.5. The number of amides is 1. The zero-order chi connectivity index (χ0) is 14.4. The van der Waals surface area contributed by atoms with Crippen molar-refractivity contribution >= 4 is 11.6 Å². The molecule has 0 aliphatic rings. The number of carbonyl (C=O) groups is 1. The quantitative estimate of drug-likeness (QED) is 0.822. The molecule has 0 radical (unpaired) electrons. The summed E-state index contributed by atoms with van der Waals surface area (Å²) in [5, 5.41) is 2.88. The number of nitrogens with zero attached hydrogens (tertiary/aromatic N) is 1. The zero-order valence-corrected chi connectivity index (χ0v) is 12.3. The molecule has 1 amide bonds. The highest BCUT2D eigenvalue weighted by Crippen LogP contribution is 2.12. The third-order valence-electron chi connectivity index (χ3n) is 2.98. The normalized spacial score (nSPS) is 12.3. The highest BCUT2D eigenvalue weighted by molar-refractivity contribution is 5.81. The molecule has 1 aromatic carbocycles. The molecule has 0 saturated heterocycles. The van der Waals surface area contributed by atoms with Gasteiger partial charge in [0.25, 0.3) is 0 Å². The minimum atomic E-state index is -0.416. The van der Waals surface area contributed by atoms with Crippen molar-refractivity contribution in [1.82, 2.24) is 5.32 Å². The van der Waals surface area contributed by atoms with Crippen LogP contribution in [0.1, 0.15) is 25.8 Å². The molecule has 19 heavy (non-hydrogen) atoms. The monoisotopic (exact) mass is 263 g/mol. The van der Waals surface area contributed by atoms with E-state index < -0.39 is 6.04 Å². The summed E-state index contributed by atoms with van der Waals surface area (Å²) in [6.07, 6.45) is 0.714. The molecule has 0 fully saturated rings. The molecule has 3 N–H and O–H groups in total. The van der Waals surface area contributed by atoms with Crippen LogP contribution in [0.5, 0.6) is 0 Å². The summed E-state index contributed by atoms with van der Waals surface area (Å²) < 4.78 is 0. The predicted molar refractivity (Wildman–Crippen MR) is 80.0 cm³/mol. The first-order valence-electron chi connectivity index (χ1n) is 6.69. The Kier molecular flexibility index (Phi) is 5.83. The van der Waals surface area contributed by atoms with Crippen LogP contribution in [-0.2, 0) is 11.3 Å². The van der Waals surface area contributed by atoms with Gasteiger partial charge >= 0.3 is 0 Å². The molecule has 1 atom stereocenters. The molecule has 0 heterocycles. The van der Waals surface area contributed by atoms with Crippen molar-refractivity contribution in [2.75, 3.05) is 19.0 Å². The SMILES string of the molecule is CC(C)CC(N)C(=O)NCc1ccc(N(C)C)cc1. The number of nitrogens with one attached hydrogen (secondary N) is 1. The first-order chi connectivity index (χ1) is 8.90. The van der Waals surface area contributed by atoms with E-state index in [9.17, 15) is 4.79 Å². The molecule has 0 spiro atoms. The number of anilines is 1. The first-order valence-corrected chi connectivity index (χ1v) is 6.69. The van der Waals surface area contributed by atoms with Crippen molar-refractivity contribution in [3.8, 4) is 0 Å². The van der Waals surface area contributed by atoms with E-state index in [1.807, 2.05) is 43.3 Å². The Morgan fingerprint density at radius 1 is 1.26 bits per heavy atom. The standard InChI is InChI=1S/C15H25N3O/c1-11(2)9-14(16)15(19)17-10-12-5-7-13(8-6-12)18(3)4/h5-8,11,14H,9-10,16H2,1-4H3,(H,17,19). The van der Waals surface area contributed by atoms with Crippen LogP contribution in [0.2, 0.25) is 0 Å². The lowest BCUT2D eigenvalue weighted by atomic mass is 10.0. The molecule has 0 aromatic heterocycles. The number of carbonyl (C=O) groups excluding carboxylic acids is 1. The van der Waals surface area contributed by atoms with E-state index in [2.05, 4.69) is 19.2 Å². The Labute approximate surface area is 116 Å². The molecule has 0 aliphatic heterocycles. The number of rotatable bonds is 6. The smallest absolute Gasteiger partial charge is 0.237 e. The van der Waals surface area contributed by atoms with Gasteiger partial charge < -0.3 is 16.0 Å². The second kappa shape index (κ2) is 7.14. The molecule has 1 unspecified atom stereocenters. The van der Waals surface area contributed by atoms with Crippen LogP contribution in [0.4, 0.5) is 5.69 Å². The van der Waals surface area contributed by atoms with E-state index >= 15 is 0 Å². The maximum Gasteiger partial charge on any atom is 0.237 e. The van der Waals surface area contributed by atoms with Crippen molar-refractivity contribution in [3.05, 3.63) is 29.8 Å². The van der Waals surface area contributed by atoms with Gasteiger partial charge in [0.15, 0.2) is 0 Å². The van der Waals surface area contributed by atoms with E-state index in [4.69, 9.17) is 5.73 Å². The van der Waals surface area contributed by atoms with Gasteiger partial charge in [-0.15, -0.1) is 0 Å². The molecule has 106 valence electrons. The molecule has 1 aromatic rings. The van der Waals surface area contributed by atoms with Crippen molar-refractivity contribution in [2.45, 2.75) is 32.9 Å². The number of nitrogens with two attached hydrogens (primary N) is 1. The fourth-order valence-electron chi connectivity index (χ4n) is 1.85. The lowest BCUT2D eigenvalue weighted by Crippen LogP contribution is -2.41. The summed E-state index contributed by atoms with van der Waals surface area (Å²) in [5.41, 5.74) is 8.05. The number of hydrogen-bond donors (Lipinski definition) is 2. The molecule has 0 bridgehead atoms. The second-order valence-corrected chi connectivity index (χ2v) is 5.51. The van der Waals surface area contributed by atoms with Gasteiger partial charge in [0.2, 0.25) is 5.91 Å². The molecular weight excluding hydrogens is 238 g/mol. The Balaban J connectivity index is 2.46. The van der Waals surface area contributed by atoms with Crippen LogP contribution in [0.25, 0.3) is 0 Å². The van der Waals surface area contributed by atoms with Crippen LogP contribution >= 0.6 is 0 Å². The second-order valence-electron chi connectivity index (χ2n) is 5.51.